The van der Waals surface area contributed by atoms with Crippen molar-refractivity contribution < 1.29 is 9.72 Å². The monoisotopic (exact) mass is 235 g/mol. The first kappa shape index (κ1) is 10.9. The van der Waals surface area contributed by atoms with Crippen molar-refractivity contribution in [3.8, 4) is 0 Å². The predicted octanol–water partition coefficient (Wildman–Crippen LogP) is 0.221. The average molecular weight is 235 g/mol. The number of aliphatic imine (C=N–C) groups is 1. The Hall–Kier alpha value is -2.64. The number of nitro groups is 1. The normalized spacial score (nSPS) is 18.9. The maximum Gasteiger partial charge on any atom is 0.323 e. The molecule has 1 aromatic carbocycles. The summed E-state index contributed by atoms with van der Waals surface area (Å²) in [6, 6.07) is 5.27. The Bertz CT molecular complexity index is 496. The molecule has 0 bridgehead atoms. The molecule has 1 aliphatic heterocycles. The Balaban J connectivity index is 2.25. The molecule has 2 rings (SSSR count). The number of nitrogens with zero attached hydrogens (tertiary/aromatic N) is 2. The molecule has 17 heavy (non-hydrogen) atoms. The molecule has 0 spiro atoms. The minimum atomic E-state index is -0.621. The summed E-state index contributed by atoms with van der Waals surface area (Å²) in [4.78, 5) is 25.1. The Morgan fingerprint density at radius 3 is 2.53 bits per heavy atom. The van der Waals surface area contributed by atoms with Crippen molar-refractivity contribution in [2.24, 2.45) is 10.7 Å². The molecule has 8 nitrogen and oxygen atoms in total. The SMILES string of the molecule is NC1=N[C@H](c2ccc([N+](=O)[O-])cc2)NC(=O)N1. The van der Waals surface area contributed by atoms with Crippen LogP contribution in [0.1, 0.15) is 11.7 Å². The summed E-state index contributed by atoms with van der Waals surface area (Å²) in [6.07, 6.45) is -0.621. The van der Waals surface area contributed by atoms with Crippen LogP contribution in [0.5, 0.6) is 0 Å². The van der Waals surface area contributed by atoms with Crippen LogP contribution in [0, 0.1) is 10.1 Å². The lowest BCUT2D eigenvalue weighted by Gasteiger charge is -2.20. The van der Waals surface area contributed by atoms with Gasteiger partial charge in [-0.3, -0.25) is 15.4 Å². The molecular weight excluding hydrogens is 226 g/mol. The number of non-ortho nitro benzene ring substituents is 1. The number of hydrogen-bond donors (Lipinski definition) is 3. The second-order valence-corrected chi connectivity index (χ2v) is 3.36. The standard InChI is InChI=1S/C9H9N5O3/c10-8-11-7(12-9(15)13-8)5-1-3-6(4-2-5)14(16)17/h1-4,7H,(H4,10,11,12,13,15)/t7-/m0/s1. The zero-order valence-electron chi connectivity index (χ0n) is 8.58. The van der Waals surface area contributed by atoms with Gasteiger partial charge in [-0.25, -0.2) is 9.79 Å². The number of nitrogens with one attached hydrogen (secondary N) is 2. The molecule has 1 heterocycles. The molecule has 0 aliphatic carbocycles. The van der Waals surface area contributed by atoms with Crippen molar-refractivity contribution in [2.45, 2.75) is 6.17 Å². The Morgan fingerprint density at radius 2 is 2.00 bits per heavy atom. The van der Waals surface area contributed by atoms with Gasteiger partial charge in [0.05, 0.1) is 4.92 Å². The zero-order chi connectivity index (χ0) is 12.4. The molecule has 0 saturated carbocycles. The summed E-state index contributed by atoms with van der Waals surface area (Å²) in [6.45, 7) is 0. The number of urea groups is 1. The van der Waals surface area contributed by atoms with Crippen LogP contribution in [0.15, 0.2) is 29.3 Å². The number of nitro benzene ring substituents is 1. The van der Waals surface area contributed by atoms with Crippen LogP contribution in [0.4, 0.5) is 10.5 Å². The predicted molar refractivity (Wildman–Crippen MR) is 59.1 cm³/mol. The van der Waals surface area contributed by atoms with Crippen molar-refractivity contribution in [3.63, 3.8) is 0 Å². The van der Waals surface area contributed by atoms with Crippen molar-refractivity contribution in [3.05, 3.63) is 39.9 Å². The third kappa shape index (κ3) is 2.30. The summed E-state index contributed by atoms with van der Waals surface area (Å²) in [5.41, 5.74) is 6.00. The highest BCUT2D eigenvalue weighted by Crippen LogP contribution is 2.19. The number of carbonyl (C=O) groups excluding carboxylic acids is 1. The summed E-state index contributed by atoms with van der Waals surface area (Å²) in [5, 5.41) is 15.3. The van der Waals surface area contributed by atoms with Crippen molar-refractivity contribution >= 4 is 17.7 Å². The highest BCUT2D eigenvalue weighted by Gasteiger charge is 2.19. The molecule has 0 radical (unpaired) electrons. The van der Waals surface area contributed by atoms with Gasteiger partial charge in [0.15, 0.2) is 12.1 Å². The highest BCUT2D eigenvalue weighted by atomic mass is 16.6. The molecule has 1 aliphatic rings. The van der Waals surface area contributed by atoms with E-state index >= 15 is 0 Å². The lowest BCUT2D eigenvalue weighted by Crippen LogP contribution is -2.49. The summed E-state index contributed by atoms with van der Waals surface area (Å²) in [5.74, 6) is 0.0112. The van der Waals surface area contributed by atoms with Gasteiger partial charge >= 0.3 is 6.03 Å². The van der Waals surface area contributed by atoms with E-state index in [9.17, 15) is 14.9 Å². The maximum absolute atomic E-state index is 11.1. The van der Waals surface area contributed by atoms with Gasteiger partial charge in [0, 0.05) is 12.1 Å². The van der Waals surface area contributed by atoms with Gasteiger partial charge in [0.1, 0.15) is 0 Å². The smallest absolute Gasteiger partial charge is 0.323 e. The van der Waals surface area contributed by atoms with Gasteiger partial charge in [-0.1, -0.05) is 0 Å². The fraction of sp³-hybridized carbons (Fsp3) is 0.111. The molecule has 2 amide bonds. The Morgan fingerprint density at radius 1 is 1.35 bits per heavy atom. The molecule has 88 valence electrons. The minimum Gasteiger partial charge on any atom is -0.370 e. The number of hydrogen-bond acceptors (Lipinski definition) is 5. The van der Waals surface area contributed by atoms with Gasteiger partial charge in [0.2, 0.25) is 0 Å². The summed E-state index contributed by atoms with van der Waals surface area (Å²) >= 11 is 0. The molecule has 4 N–H and O–H groups in total. The van der Waals surface area contributed by atoms with Crippen LogP contribution in [-0.4, -0.2) is 16.9 Å². The number of nitrogens with two attached hydrogens (primary N) is 1. The summed E-state index contributed by atoms with van der Waals surface area (Å²) in [7, 11) is 0. The van der Waals surface area contributed by atoms with E-state index in [1.807, 2.05) is 0 Å². The second-order valence-electron chi connectivity index (χ2n) is 3.36. The number of benzene rings is 1. The first-order valence-corrected chi connectivity index (χ1v) is 4.71. The molecule has 0 fully saturated rings. The van der Waals surface area contributed by atoms with E-state index in [-0.39, 0.29) is 11.6 Å². The number of amides is 2. The van der Waals surface area contributed by atoms with E-state index in [1.165, 1.54) is 24.3 Å². The molecule has 8 heteroatoms. The molecule has 1 atom stereocenters. The molecule has 0 saturated heterocycles. The second kappa shape index (κ2) is 4.08. The topological polar surface area (TPSA) is 123 Å². The minimum absolute atomic E-state index is 0.0112. The summed E-state index contributed by atoms with van der Waals surface area (Å²) < 4.78 is 0. The number of carbonyl (C=O) groups is 1. The molecule has 1 aromatic rings. The van der Waals surface area contributed by atoms with E-state index in [1.54, 1.807) is 0 Å². The van der Waals surface area contributed by atoms with Gasteiger partial charge in [-0.2, -0.15) is 0 Å². The van der Waals surface area contributed by atoms with E-state index in [0.29, 0.717) is 5.56 Å². The maximum atomic E-state index is 11.1. The van der Waals surface area contributed by atoms with Crippen molar-refractivity contribution in [1.29, 1.82) is 0 Å². The quantitative estimate of drug-likeness (QED) is 0.501. The number of guanidine groups is 1. The first-order valence-electron chi connectivity index (χ1n) is 4.71. The van der Waals surface area contributed by atoms with Gasteiger partial charge < -0.3 is 11.1 Å². The third-order valence-electron chi connectivity index (χ3n) is 2.20. The Kier molecular flexibility index (Phi) is 2.61. The van der Waals surface area contributed by atoms with Crippen LogP contribution in [0.2, 0.25) is 0 Å². The van der Waals surface area contributed by atoms with Gasteiger partial charge in [-0.05, 0) is 17.7 Å². The van der Waals surface area contributed by atoms with E-state index in [2.05, 4.69) is 15.6 Å². The van der Waals surface area contributed by atoms with Crippen molar-refractivity contribution in [2.75, 3.05) is 0 Å². The zero-order valence-corrected chi connectivity index (χ0v) is 8.58. The van der Waals surface area contributed by atoms with E-state index in [4.69, 9.17) is 5.73 Å². The van der Waals surface area contributed by atoms with Crippen LogP contribution in [-0.2, 0) is 0 Å². The third-order valence-corrected chi connectivity index (χ3v) is 2.20. The molecular formula is C9H9N5O3. The van der Waals surface area contributed by atoms with Gasteiger partial charge in [0.25, 0.3) is 5.69 Å². The lowest BCUT2D eigenvalue weighted by molar-refractivity contribution is -0.384. The first-order chi connectivity index (χ1) is 8.06. The Labute approximate surface area is 95.7 Å². The van der Waals surface area contributed by atoms with Gasteiger partial charge in [-0.15, -0.1) is 0 Å². The number of rotatable bonds is 2. The van der Waals surface area contributed by atoms with E-state index < -0.39 is 17.1 Å². The molecule has 0 aromatic heterocycles. The fourth-order valence-electron chi connectivity index (χ4n) is 1.42. The average Bonchev–Trinajstić information content (AvgIpc) is 2.28. The lowest BCUT2D eigenvalue weighted by atomic mass is 10.1. The fourth-order valence-corrected chi connectivity index (χ4v) is 1.42. The van der Waals surface area contributed by atoms with Crippen LogP contribution >= 0.6 is 0 Å². The van der Waals surface area contributed by atoms with Crippen LogP contribution in [0.25, 0.3) is 0 Å². The largest absolute Gasteiger partial charge is 0.370 e. The van der Waals surface area contributed by atoms with Crippen LogP contribution < -0.4 is 16.4 Å². The van der Waals surface area contributed by atoms with E-state index in [0.717, 1.165) is 0 Å². The molecule has 0 unspecified atom stereocenters. The highest BCUT2D eigenvalue weighted by molar-refractivity contribution is 5.97. The van der Waals surface area contributed by atoms with Crippen LogP contribution in [0.3, 0.4) is 0 Å². The van der Waals surface area contributed by atoms with Crippen molar-refractivity contribution in [1.82, 2.24) is 10.6 Å².